The fourth-order valence-electron chi connectivity index (χ4n) is 1.87. The summed E-state index contributed by atoms with van der Waals surface area (Å²) in [6, 6.07) is 4.03. The molecule has 0 fully saturated rings. The van der Waals surface area contributed by atoms with Crippen LogP contribution in [-0.2, 0) is 6.54 Å². The lowest BCUT2D eigenvalue weighted by Crippen LogP contribution is -2.50. The van der Waals surface area contributed by atoms with Crippen molar-refractivity contribution >= 4 is 11.3 Å². The van der Waals surface area contributed by atoms with E-state index in [4.69, 9.17) is 0 Å². The smallest absolute Gasteiger partial charge is 0.0794 e. The van der Waals surface area contributed by atoms with Crippen molar-refractivity contribution in [1.29, 1.82) is 0 Å². The van der Waals surface area contributed by atoms with Gasteiger partial charge in [-0.25, -0.2) is 0 Å². The summed E-state index contributed by atoms with van der Waals surface area (Å²) < 4.78 is 0. The highest BCUT2D eigenvalue weighted by molar-refractivity contribution is 7.13. The van der Waals surface area contributed by atoms with Crippen molar-refractivity contribution in [2.75, 3.05) is 13.2 Å². The number of thiophene rings is 1. The van der Waals surface area contributed by atoms with Crippen molar-refractivity contribution < 1.29 is 10.2 Å². The van der Waals surface area contributed by atoms with Gasteiger partial charge in [-0.2, -0.15) is 5.10 Å². The van der Waals surface area contributed by atoms with Crippen molar-refractivity contribution in [2.24, 2.45) is 0 Å². The Bertz CT molecular complexity index is 483. The van der Waals surface area contributed by atoms with Gasteiger partial charge >= 0.3 is 0 Å². The molecule has 104 valence electrons. The lowest BCUT2D eigenvalue weighted by molar-refractivity contribution is 0.0864. The number of aromatic amines is 1. The normalized spacial score (nSPS) is 11.9. The summed E-state index contributed by atoms with van der Waals surface area (Å²) in [6.07, 6.45) is 2.43. The maximum atomic E-state index is 9.41. The van der Waals surface area contributed by atoms with E-state index in [1.54, 1.807) is 17.5 Å². The molecule has 0 aliphatic heterocycles. The molecule has 5 nitrogen and oxygen atoms in total. The summed E-state index contributed by atoms with van der Waals surface area (Å²) >= 11 is 1.65. The van der Waals surface area contributed by atoms with Gasteiger partial charge in [0.15, 0.2) is 0 Å². The average Bonchev–Trinajstić information content (AvgIpc) is 3.11. The third-order valence-corrected chi connectivity index (χ3v) is 4.31. The molecule has 2 aromatic heterocycles. The molecule has 0 saturated heterocycles. The molecule has 19 heavy (non-hydrogen) atoms. The number of rotatable bonds is 7. The summed E-state index contributed by atoms with van der Waals surface area (Å²) in [5.41, 5.74) is 1.38. The van der Waals surface area contributed by atoms with Gasteiger partial charge in [0, 0.05) is 12.1 Å². The van der Waals surface area contributed by atoms with Crippen LogP contribution in [0.4, 0.5) is 0 Å². The molecule has 0 aromatic carbocycles. The number of aromatic nitrogens is 2. The van der Waals surface area contributed by atoms with E-state index in [-0.39, 0.29) is 13.2 Å². The number of nitrogens with one attached hydrogen (secondary N) is 2. The first-order valence-corrected chi connectivity index (χ1v) is 7.15. The molecule has 2 heterocycles. The molecular weight excluding hydrogens is 262 g/mol. The van der Waals surface area contributed by atoms with Crippen molar-refractivity contribution in [3.63, 3.8) is 0 Å². The van der Waals surface area contributed by atoms with Gasteiger partial charge in [-0.1, -0.05) is 13.0 Å². The highest BCUT2D eigenvalue weighted by Crippen LogP contribution is 2.26. The van der Waals surface area contributed by atoms with Crippen LogP contribution in [0.25, 0.3) is 10.6 Å². The van der Waals surface area contributed by atoms with E-state index < -0.39 is 5.54 Å². The molecule has 4 N–H and O–H groups in total. The second kappa shape index (κ2) is 6.29. The largest absolute Gasteiger partial charge is 0.394 e. The van der Waals surface area contributed by atoms with E-state index in [9.17, 15) is 10.2 Å². The maximum Gasteiger partial charge on any atom is 0.0794 e. The van der Waals surface area contributed by atoms with Gasteiger partial charge in [0.2, 0.25) is 0 Å². The van der Waals surface area contributed by atoms with Crippen LogP contribution in [-0.4, -0.2) is 39.2 Å². The van der Waals surface area contributed by atoms with Crippen molar-refractivity contribution in [3.8, 4) is 10.6 Å². The van der Waals surface area contributed by atoms with Crippen LogP contribution in [0.5, 0.6) is 0 Å². The second-order valence-corrected chi connectivity index (χ2v) is 5.50. The van der Waals surface area contributed by atoms with Crippen molar-refractivity contribution in [1.82, 2.24) is 15.5 Å². The molecule has 0 unspecified atom stereocenters. The van der Waals surface area contributed by atoms with Crippen LogP contribution in [0.15, 0.2) is 23.7 Å². The van der Waals surface area contributed by atoms with E-state index in [0.717, 1.165) is 16.1 Å². The summed E-state index contributed by atoms with van der Waals surface area (Å²) in [4.78, 5) is 1.13. The average molecular weight is 281 g/mol. The van der Waals surface area contributed by atoms with Gasteiger partial charge in [0.05, 0.1) is 35.5 Å². The molecule has 0 aliphatic rings. The number of hydrogen-bond acceptors (Lipinski definition) is 5. The van der Waals surface area contributed by atoms with E-state index in [1.807, 2.05) is 24.4 Å². The first kappa shape index (κ1) is 14.2. The van der Waals surface area contributed by atoms with Gasteiger partial charge in [-0.05, 0) is 17.9 Å². The monoisotopic (exact) mass is 281 g/mol. The van der Waals surface area contributed by atoms with E-state index in [1.165, 1.54) is 0 Å². The lowest BCUT2D eigenvalue weighted by atomic mass is 9.98. The Labute approximate surface area is 116 Å². The molecule has 0 spiro atoms. The van der Waals surface area contributed by atoms with Crippen LogP contribution < -0.4 is 5.32 Å². The Morgan fingerprint density at radius 2 is 2.21 bits per heavy atom. The zero-order chi connectivity index (χ0) is 13.7. The van der Waals surface area contributed by atoms with Gasteiger partial charge in [0.25, 0.3) is 0 Å². The zero-order valence-electron chi connectivity index (χ0n) is 10.9. The minimum Gasteiger partial charge on any atom is -0.394 e. The summed E-state index contributed by atoms with van der Waals surface area (Å²) in [7, 11) is 0. The Morgan fingerprint density at radius 1 is 1.42 bits per heavy atom. The Balaban J connectivity index is 2.10. The zero-order valence-corrected chi connectivity index (χ0v) is 11.7. The van der Waals surface area contributed by atoms with Gasteiger partial charge in [0.1, 0.15) is 0 Å². The number of hydrogen-bond donors (Lipinski definition) is 4. The Hall–Kier alpha value is -1.21. The summed E-state index contributed by atoms with van der Waals surface area (Å²) in [5, 5.41) is 31.1. The van der Waals surface area contributed by atoms with Crippen LogP contribution in [0.2, 0.25) is 0 Å². The molecule has 0 amide bonds. The molecule has 0 atom stereocenters. The van der Waals surface area contributed by atoms with Crippen LogP contribution in [0.1, 0.15) is 18.9 Å². The summed E-state index contributed by atoms with van der Waals surface area (Å²) in [5.74, 6) is 0. The number of nitrogens with zero attached hydrogens (tertiary/aromatic N) is 1. The molecule has 2 rings (SSSR count). The molecule has 0 saturated carbocycles. The fourth-order valence-corrected chi connectivity index (χ4v) is 2.63. The van der Waals surface area contributed by atoms with E-state index in [2.05, 4.69) is 15.5 Å². The van der Waals surface area contributed by atoms with Gasteiger partial charge in [-0.3, -0.25) is 5.10 Å². The standard InChI is InChI=1S/C13H19N3O2S/c1-2-13(8-17,9-18)14-6-10-7-15-16-12(10)11-4-3-5-19-11/h3-5,7,14,17-18H,2,6,8-9H2,1H3,(H,15,16). The number of H-pyrrole nitrogens is 1. The molecule has 0 aliphatic carbocycles. The van der Waals surface area contributed by atoms with Crippen LogP contribution in [0.3, 0.4) is 0 Å². The molecule has 2 aromatic rings. The second-order valence-electron chi connectivity index (χ2n) is 4.55. The van der Waals surface area contributed by atoms with E-state index in [0.29, 0.717) is 13.0 Å². The third-order valence-electron chi connectivity index (χ3n) is 3.42. The minimum absolute atomic E-state index is 0.0911. The number of aliphatic hydroxyl groups excluding tert-OH is 2. The maximum absolute atomic E-state index is 9.41. The molecule has 0 bridgehead atoms. The third kappa shape index (κ3) is 3.03. The molecule has 6 heteroatoms. The Morgan fingerprint density at radius 3 is 2.79 bits per heavy atom. The predicted octanol–water partition coefficient (Wildman–Crippen LogP) is 1.36. The lowest BCUT2D eigenvalue weighted by Gasteiger charge is -2.29. The minimum atomic E-state index is -0.635. The summed E-state index contributed by atoms with van der Waals surface area (Å²) in [6.45, 7) is 2.31. The quantitative estimate of drug-likeness (QED) is 0.618. The first-order chi connectivity index (χ1) is 9.24. The highest BCUT2D eigenvalue weighted by atomic mass is 32.1. The van der Waals surface area contributed by atoms with Crippen molar-refractivity contribution in [2.45, 2.75) is 25.4 Å². The first-order valence-electron chi connectivity index (χ1n) is 6.27. The van der Waals surface area contributed by atoms with Crippen LogP contribution >= 0.6 is 11.3 Å². The molecular formula is C13H19N3O2S. The number of aliphatic hydroxyl groups is 2. The van der Waals surface area contributed by atoms with Crippen LogP contribution in [0, 0.1) is 0 Å². The van der Waals surface area contributed by atoms with Crippen molar-refractivity contribution in [3.05, 3.63) is 29.3 Å². The topological polar surface area (TPSA) is 81.2 Å². The Kier molecular flexibility index (Phi) is 4.71. The SMILES string of the molecule is CCC(CO)(CO)NCc1cn[nH]c1-c1cccs1. The van der Waals surface area contributed by atoms with Gasteiger partial charge < -0.3 is 15.5 Å². The predicted molar refractivity (Wildman–Crippen MR) is 75.9 cm³/mol. The highest BCUT2D eigenvalue weighted by Gasteiger charge is 2.26. The fraction of sp³-hybridized carbons (Fsp3) is 0.462. The van der Waals surface area contributed by atoms with E-state index >= 15 is 0 Å². The van der Waals surface area contributed by atoms with Gasteiger partial charge in [-0.15, -0.1) is 11.3 Å². The molecule has 0 radical (unpaired) electrons.